The van der Waals surface area contributed by atoms with Gasteiger partial charge < -0.3 is 9.72 Å². The summed E-state index contributed by atoms with van der Waals surface area (Å²) in [6.45, 7) is 5.51. The molecule has 18 heavy (non-hydrogen) atoms. The van der Waals surface area contributed by atoms with Crippen molar-refractivity contribution < 1.29 is 9.53 Å². The van der Waals surface area contributed by atoms with Crippen molar-refractivity contribution in [1.82, 2.24) is 9.97 Å². The molecule has 1 unspecified atom stereocenters. The van der Waals surface area contributed by atoms with Crippen molar-refractivity contribution >= 4 is 28.8 Å². The highest BCUT2D eigenvalue weighted by Gasteiger charge is 2.18. The fourth-order valence-electron chi connectivity index (χ4n) is 1.53. The second kappa shape index (κ2) is 5.44. The maximum Gasteiger partial charge on any atom is 0.319 e. The Balaban J connectivity index is 2.06. The van der Waals surface area contributed by atoms with E-state index < -0.39 is 0 Å². The lowest BCUT2D eigenvalue weighted by Gasteiger charge is -2.11. The summed E-state index contributed by atoms with van der Waals surface area (Å²) < 4.78 is 5.16. The Bertz CT molecular complexity index is 518. The van der Waals surface area contributed by atoms with Crippen molar-refractivity contribution in [3.63, 3.8) is 0 Å². The van der Waals surface area contributed by atoms with Crippen molar-refractivity contribution in [3.8, 4) is 0 Å². The van der Waals surface area contributed by atoms with Crippen molar-refractivity contribution in [2.75, 3.05) is 0 Å². The summed E-state index contributed by atoms with van der Waals surface area (Å²) in [6.07, 6.45) is -0.0868. The highest BCUT2D eigenvalue weighted by molar-refractivity contribution is 8.00. The predicted octanol–water partition coefficient (Wildman–Crippen LogP) is 3.00. The Morgan fingerprint density at radius 3 is 2.72 bits per heavy atom. The molecule has 0 aliphatic heterocycles. The van der Waals surface area contributed by atoms with Crippen LogP contribution in [0.1, 0.15) is 20.8 Å². The van der Waals surface area contributed by atoms with Gasteiger partial charge in [0.05, 0.1) is 17.1 Å². The first-order valence-electron chi connectivity index (χ1n) is 5.88. The van der Waals surface area contributed by atoms with Gasteiger partial charge >= 0.3 is 5.97 Å². The number of esters is 1. The molecular weight excluding hydrogens is 248 g/mol. The molecule has 0 saturated heterocycles. The molecule has 0 saturated carbocycles. The number of rotatable bonds is 4. The number of fused-ring (bicyclic) bond motifs is 1. The van der Waals surface area contributed by atoms with E-state index in [2.05, 4.69) is 9.97 Å². The Hall–Kier alpha value is -1.49. The number of benzene rings is 1. The van der Waals surface area contributed by atoms with Crippen LogP contribution in [0.4, 0.5) is 0 Å². The second-order valence-electron chi connectivity index (χ2n) is 4.30. The predicted molar refractivity (Wildman–Crippen MR) is 72.6 cm³/mol. The van der Waals surface area contributed by atoms with E-state index in [9.17, 15) is 4.79 Å². The second-order valence-corrected chi connectivity index (χ2v) is 5.63. The van der Waals surface area contributed by atoms with E-state index in [1.165, 1.54) is 11.8 Å². The molecule has 0 bridgehead atoms. The number of nitrogens with zero attached hydrogens (tertiary/aromatic N) is 1. The molecule has 1 atom stereocenters. The van der Waals surface area contributed by atoms with Gasteiger partial charge in [-0.25, -0.2) is 4.98 Å². The summed E-state index contributed by atoms with van der Waals surface area (Å²) in [5.74, 6) is -0.213. The molecule has 0 aliphatic carbocycles. The standard InChI is InChI=1S/C13H16N2O2S/c1-8(2)17-12(16)9(3)18-13-14-10-6-4-5-7-11(10)15-13/h4-9H,1-3H3,(H,14,15). The maximum atomic E-state index is 11.7. The number of ether oxygens (including phenoxy) is 1. The first kappa shape index (κ1) is 13.0. The monoisotopic (exact) mass is 264 g/mol. The molecule has 0 aliphatic rings. The minimum atomic E-state index is -0.270. The van der Waals surface area contributed by atoms with E-state index in [1.54, 1.807) is 0 Å². The molecule has 4 nitrogen and oxygen atoms in total. The van der Waals surface area contributed by atoms with Crippen molar-refractivity contribution in [2.45, 2.75) is 37.3 Å². The molecule has 96 valence electrons. The van der Waals surface area contributed by atoms with Crippen LogP contribution in [0.5, 0.6) is 0 Å². The zero-order valence-electron chi connectivity index (χ0n) is 10.6. The fourth-order valence-corrected chi connectivity index (χ4v) is 2.34. The molecule has 0 radical (unpaired) electrons. The van der Waals surface area contributed by atoms with Crippen LogP contribution in [0, 0.1) is 0 Å². The van der Waals surface area contributed by atoms with E-state index in [0.717, 1.165) is 16.2 Å². The topological polar surface area (TPSA) is 55.0 Å². The summed E-state index contributed by atoms with van der Waals surface area (Å²) in [5.41, 5.74) is 1.88. The first-order valence-corrected chi connectivity index (χ1v) is 6.76. The molecule has 1 aromatic heterocycles. The summed E-state index contributed by atoms with van der Waals surface area (Å²) in [4.78, 5) is 19.3. The number of nitrogens with one attached hydrogen (secondary N) is 1. The third-order valence-electron chi connectivity index (χ3n) is 2.34. The van der Waals surface area contributed by atoms with Crippen LogP contribution in [0.3, 0.4) is 0 Å². The number of aromatic amines is 1. The summed E-state index contributed by atoms with van der Waals surface area (Å²) in [5, 5.41) is 0.470. The minimum absolute atomic E-state index is 0.0868. The Morgan fingerprint density at radius 1 is 1.33 bits per heavy atom. The van der Waals surface area contributed by atoms with E-state index in [1.807, 2.05) is 45.0 Å². The van der Waals surface area contributed by atoms with Crippen LogP contribution >= 0.6 is 11.8 Å². The van der Waals surface area contributed by atoms with Gasteiger partial charge in [-0.15, -0.1) is 0 Å². The Kier molecular flexibility index (Phi) is 3.91. The van der Waals surface area contributed by atoms with E-state index >= 15 is 0 Å². The third kappa shape index (κ3) is 3.04. The first-order chi connectivity index (χ1) is 8.56. The molecule has 0 fully saturated rings. The molecule has 1 aromatic carbocycles. The Labute approximate surface area is 110 Å². The molecule has 5 heteroatoms. The van der Waals surface area contributed by atoms with Crippen LogP contribution in [-0.2, 0) is 9.53 Å². The number of hydrogen-bond donors (Lipinski definition) is 1. The average Bonchev–Trinajstić information content (AvgIpc) is 2.69. The highest BCUT2D eigenvalue weighted by atomic mass is 32.2. The number of carbonyl (C=O) groups is 1. The smallest absolute Gasteiger partial charge is 0.319 e. The minimum Gasteiger partial charge on any atom is -0.462 e. The lowest BCUT2D eigenvalue weighted by molar-refractivity contribution is -0.146. The SMILES string of the molecule is CC(C)OC(=O)C(C)Sc1nc2ccccc2[nH]1. The average molecular weight is 264 g/mol. The van der Waals surface area contributed by atoms with E-state index in [-0.39, 0.29) is 17.3 Å². The third-order valence-corrected chi connectivity index (χ3v) is 3.30. The highest BCUT2D eigenvalue weighted by Crippen LogP contribution is 2.24. The summed E-state index contributed by atoms with van der Waals surface area (Å²) >= 11 is 1.38. The van der Waals surface area contributed by atoms with Crippen molar-refractivity contribution in [1.29, 1.82) is 0 Å². The number of H-pyrrole nitrogens is 1. The van der Waals surface area contributed by atoms with E-state index in [0.29, 0.717) is 0 Å². The van der Waals surface area contributed by atoms with Gasteiger partial charge in [-0.2, -0.15) is 0 Å². The molecule has 2 rings (SSSR count). The van der Waals surface area contributed by atoms with Crippen LogP contribution in [0.15, 0.2) is 29.4 Å². The maximum absolute atomic E-state index is 11.7. The van der Waals surface area contributed by atoms with Gasteiger partial charge in [0.15, 0.2) is 5.16 Å². The van der Waals surface area contributed by atoms with Gasteiger partial charge in [0.2, 0.25) is 0 Å². The van der Waals surface area contributed by atoms with Gasteiger partial charge in [0.1, 0.15) is 5.25 Å². The number of aromatic nitrogens is 2. The molecule has 0 amide bonds. The largest absolute Gasteiger partial charge is 0.462 e. The quantitative estimate of drug-likeness (QED) is 0.681. The van der Waals surface area contributed by atoms with Crippen LogP contribution in [0.25, 0.3) is 11.0 Å². The molecule has 1 heterocycles. The molecule has 0 spiro atoms. The van der Waals surface area contributed by atoms with Crippen molar-refractivity contribution in [2.24, 2.45) is 0 Å². The molecule has 1 N–H and O–H groups in total. The number of hydrogen-bond acceptors (Lipinski definition) is 4. The number of imidazole rings is 1. The van der Waals surface area contributed by atoms with Gasteiger partial charge in [0.25, 0.3) is 0 Å². The van der Waals surface area contributed by atoms with Gasteiger partial charge in [0, 0.05) is 0 Å². The van der Waals surface area contributed by atoms with Crippen LogP contribution < -0.4 is 0 Å². The number of para-hydroxylation sites is 2. The van der Waals surface area contributed by atoms with Gasteiger partial charge in [-0.1, -0.05) is 23.9 Å². The van der Waals surface area contributed by atoms with Gasteiger partial charge in [-0.05, 0) is 32.9 Å². The number of carbonyl (C=O) groups excluding carboxylic acids is 1. The molecular formula is C13H16N2O2S. The fraction of sp³-hybridized carbons (Fsp3) is 0.385. The zero-order chi connectivity index (χ0) is 13.1. The molecule has 2 aromatic rings. The van der Waals surface area contributed by atoms with E-state index in [4.69, 9.17) is 4.74 Å². The zero-order valence-corrected chi connectivity index (χ0v) is 11.5. The summed E-state index contributed by atoms with van der Waals surface area (Å²) in [6, 6.07) is 7.79. The van der Waals surface area contributed by atoms with Crippen molar-refractivity contribution in [3.05, 3.63) is 24.3 Å². The normalized spacial score (nSPS) is 12.9. The summed E-state index contributed by atoms with van der Waals surface area (Å²) in [7, 11) is 0. The lowest BCUT2D eigenvalue weighted by atomic mass is 10.3. The number of thioether (sulfide) groups is 1. The van der Waals surface area contributed by atoms with Gasteiger partial charge in [-0.3, -0.25) is 4.79 Å². The van der Waals surface area contributed by atoms with Crippen LogP contribution in [-0.4, -0.2) is 27.3 Å². The Morgan fingerprint density at radius 2 is 2.06 bits per heavy atom. The lowest BCUT2D eigenvalue weighted by Crippen LogP contribution is -2.20. The van der Waals surface area contributed by atoms with Crippen LogP contribution in [0.2, 0.25) is 0 Å².